The van der Waals surface area contributed by atoms with Crippen LogP contribution in [0.25, 0.3) is 0 Å². The summed E-state index contributed by atoms with van der Waals surface area (Å²) in [4.78, 5) is 0. The number of hydrogen-bond donors (Lipinski definition) is 1. The van der Waals surface area contributed by atoms with Gasteiger partial charge in [-0.25, -0.2) is 0 Å². The molecule has 1 heteroatoms. The SMILES string of the molecule is CC1CC(NCC(C)(C)C(C)C)CC(C)(C)C1. The third-order valence-corrected chi connectivity index (χ3v) is 4.80. The summed E-state index contributed by atoms with van der Waals surface area (Å²) in [5, 5.41) is 3.83. The zero-order valence-corrected chi connectivity index (χ0v) is 13.1. The summed E-state index contributed by atoms with van der Waals surface area (Å²) >= 11 is 0. The van der Waals surface area contributed by atoms with E-state index < -0.39 is 0 Å². The second-order valence-electron chi connectivity index (χ2n) is 8.13. The Hall–Kier alpha value is -0.0400. The van der Waals surface area contributed by atoms with Crippen LogP contribution in [0, 0.1) is 22.7 Å². The fourth-order valence-electron chi connectivity index (χ4n) is 3.11. The van der Waals surface area contributed by atoms with Crippen molar-refractivity contribution in [3.05, 3.63) is 0 Å². The van der Waals surface area contributed by atoms with E-state index in [1.54, 1.807) is 0 Å². The molecule has 17 heavy (non-hydrogen) atoms. The van der Waals surface area contributed by atoms with Crippen LogP contribution in [-0.4, -0.2) is 12.6 Å². The zero-order chi connectivity index (χ0) is 13.3. The summed E-state index contributed by atoms with van der Waals surface area (Å²) in [5.41, 5.74) is 0.933. The van der Waals surface area contributed by atoms with Gasteiger partial charge in [0.15, 0.2) is 0 Å². The molecule has 0 heterocycles. The smallest absolute Gasteiger partial charge is 0.00749 e. The Morgan fingerprint density at radius 1 is 1.24 bits per heavy atom. The van der Waals surface area contributed by atoms with E-state index in [1.165, 1.54) is 19.3 Å². The summed E-state index contributed by atoms with van der Waals surface area (Å²) in [5.74, 6) is 1.61. The molecule has 0 aliphatic heterocycles. The van der Waals surface area contributed by atoms with Crippen LogP contribution in [0.3, 0.4) is 0 Å². The lowest BCUT2D eigenvalue weighted by molar-refractivity contribution is 0.135. The molecule has 1 fully saturated rings. The van der Waals surface area contributed by atoms with Crippen molar-refractivity contribution in [2.45, 2.75) is 73.8 Å². The van der Waals surface area contributed by atoms with Gasteiger partial charge in [0, 0.05) is 12.6 Å². The van der Waals surface area contributed by atoms with E-state index in [1.807, 2.05) is 0 Å². The molecule has 0 spiro atoms. The summed E-state index contributed by atoms with van der Waals surface area (Å²) in [7, 11) is 0. The Labute approximate surface area is 109 Å². The Bertz CT molecular complexity index is 240. The first-order valence-electron chi connectivity index (χ1n) is 7.36. The molecule has 0 aromatic heterocycles. The summed E-state index contributed by atoms with van der Waals surface area (Å²) in [6.45, 7) is 17.8. The van der Waals surface area contributed by atoms with Gasteiger partial charge in [-0.1, -0.05) is 48.5 Å². The fourth-order valence-corrected chi connectivity index (χ4v) is 3.11. The lowest BCUT2D eigenvalue weighted by Gasteiger charge is -2.41. The van der Waals surface area contributed by atoms with Crippen LogP contribution in [0.5, 0.6) is 0 Å². The predicted molar refractivity (Wildman–Crippen MR) is 77.2 cm³/mol. The monoisotopic (exact) mass is 239 g/mol. The van der Waals surface area contributed by atoms with Gasteiger partial charge in [0.25, 0.3) is 0 Å². The van der Waals surface area contributed by atoms with Crippen molar-refractivity contribution in [1.82, 2.24) is 5.32 Å². The van der Waals surface area contributed by atoms with Crippen molar-refractivity contribution in [2.75, 3.05) is 6.54 Å². The van der Waals surface area contributed by atoms with Gasteiger partial charge >= 0.3 is 0 Å². The third-order valence-electron chi connectivity index (χ3n) is 4.80. The molecule has 1 aliphatic carbocycles. The van der Waals surface area contributed by atoms with Gasteiger partial charge in [-0.05, 0) is 41.9 Å². The molecule has 0 aromatic carbocycles. The van der Waals surface area contributed by atoms with Crippen LogP contribution < -0.4 is 5.32 Å². The first-order chi connectivity index (χ1) is 7.62. The second-order valence-corrected chi connectivity index (χ2v) is 8.13. The van der Waals surface area contributed by atoms with Gasteiger partial charge in [-0.15, -0.1) is 0 Å². The first-order valence-corrected chi connectivity index (χ1v) is 7.36. The van der Waals surface area contributed by atoms with Crippen molar-refractivity contribution in [3.8, 4) is 0 Å². The maximum atomic E-state index is 3.83. The molecular formula is C16H33N. The van der Waals surface area contributed by atoms with E-state index in [2.05, 4.69) is 53.8 Å². The molecule has 102 valence electrons. The topological polar surface area (TPSA) is 12.0 Å². The lowest BCUT2D eigenvalue weighted by atomic mass is 9.70. The molecule has 1 saturated carbocycles. The van der Waals surface area contributed by atoms with Crippen molar-refractivity contribution in [3.63, 3.8) is 0 Å². The highest BCUT2D eigenvalue weighted by atomic mass is 14.9. The highest BCUT2D eigenvalue weighted by molar-refractivity contribution is 4.88. The van der Waals surface area contributed by atoms with Crippen LogP contribution in [0.1, 0.15) is 67.7 Å². The van der Waals surface area contributed by atoms with Gasteiger partial charge in [0.1, 0.15) is 0 Å². The Morgan fingerprint density at radius 2 is 1.82 bits per heavy atom. The van der Waals surface area contributed by atoms with E-state index in [0.29, 0.717) is 10.8 Å². The van der Waals surface area contributed by atoms with Crippen LogP contribution in [0.4, 0.5) is 0 Å². The van der Waals surface area contributed by atoms with E-state index in [-0.39, 0.29) is 0 Å². The minimum atomic E-state index is 0.408. The Balaban J connectivity index is 2.47. The molecule has 1 nitrogen and oxygen atoms in total. The molecule has 0 amide bonds. The molecular weight excluding hydrogens is 206 g/mol. The first kappa shape index (κ1) is 15.0. The predicted octanol–water partition coefficient (Wildman–Crippen LogP) is 4.47. The normalized spacial score (nSPS) is 29.6. The maximum Gasteiger partial charge on any atom is 0.00749 e. The number of hydrogen-bond acceptors (Lipinski definition) is 1. The van der Waals surface area contributed by atoms with Crippen molar-refractivity contribution >= 4 is 0 Å². The van der Waals surface area contributed by atoms with Crippen LogP contribution in [-0.2, 0) is 0 Å². The minimum Gasteiger partial charge on any atom is -0.313 e. The van der Waals surface area contributed by atoms with Crippen LogP contribution >= 0.6 is 0 Å². The highest BCUT2D eigenvalue weighted by Crippen LogP contribution is 2.38. The molecule has 0 bridgehead atoms. The van der Waals surface area contributed by atoms with E-state index in [0.717, 1.165) is 24.4 Å². The molecule has 2 unspecified atom stereocenters. The van der Waals surface area contributed by atoms with Crippen LogP contribution in [0.2, 0.25) is 0 Å². The standard InChI is InChI=1S/C16H33N/c1-12(2)16(6,7)11-17-14-8-13(3)9-15(4,5)10-14/h12-14,17H,8-11H2,1-7H3. The van der Waals surface area contributed by atoms with E-state index in [4.69, 9.17) is 0 Å². The van der Waals surface area contributed by atoms with Crippen molar-refractivity contribution in [2.24, 2.45) is 22.7 Å². The summed E-state index contributed by atoms with van der Waals surface area (Å²) in [6, 6.07) is 0.728. The Kier molecular flexibility index (Phi) is 4.68. The molecule has 2 atom stereocenters. The fraction of sp³-hybridized carbons (Fsp3) is 1.00. The van der Waals surface area contributed by atoms with Gasteiger partial charge < -0.3 is 5.32 Å². The van der Waals surface area contributed by atoms with Crippen LogP contribution in [0.15, 0.2) is 0 Å². The summed E-state index contributed by atoms with van der Waals surface area (Å²) in [6.07, 6.45) is 4.09. The lowest BCUT2D eigenvalue weighted by Crippen LogP contribution is -2.44. The number of rotatable bonds is 4. The molecule has 0 aromatic rings. The second kappa shape index (κ2) is 5.30. The molecule has 0 saturated heterocycles. The zero-order valence-electron chi connectivity index (χ0n) is 13.1. The van der Waals surface area contributed by atoms with Gasteiger partial charge in [0.05, 0.1) is 0 Å². The van der Waals surface area contributed by atoms with Crippen molar-refractivity contribution in [1.29, 1.82) is 0 Å². The maximum absolute atomic E-state index is 3.83. The third kappa shape index (κ3) is 4.62. The van der Waals surface area contributed by atoms with Gasteiger partial charge in [0.2, 0.25) is 0 Å². The quantitative estimate of drug-likeness (QED) is 0.763. The average Bonchev–Trinajstić information content (AvgIpc) is 2.11. The van der Waals surface area contributed by atoms with E-state index in [9.17, 15) is 0 Å². The average molecular weight is 239 g/mol. The highest BCUT2D eigenvalue weighted by Gasteiger charge is 2.33. The molecule has 1 aliphatic rings. The minimum absolute atomic E-state index is 0.408. The molecule has 1 rings (SSSR count). The van der Waals surface area contributed by atoms with Crippen molar-refractivity contribution < 1.29 is 0 Å². The number of nitrogens with one attached hydrogen (secondary N) is 1. The van der Waals surface area contributed by atoms with Gasteiger partial charge in [-0.3, -0.25) is 0 Å². The molecule has 0 radical (unpaired) electrons. The molecule has 1 N–H and O–H groups in total. The largest absolute Gasteiger partial charge is 0.313 e. The van der Waals surface area contributed by atoms with Gasteiger partial charge in [-0.2, -0.15) is 0 Å². The summed E-state index contributed by atoms with van der Waals surface area (Å²) < 4.78 is 0. The Morgan fingerprint density at radius 3 is 2.29 bits per heavy atom. The van der Waals surface area contributed by atoms with E-state index >= 15 is 0 Å².